The number of rotatable bonds is 2. The van der Waals surface area contributed by atoms with Crippen LogP contribution in [0.4, 0.5) is 0 Å². The molecule has 1 saturated carbocycles. The highest BCUT2D eigenvalue weighted by atomic mass is 16.5. The van der Waals surface area contributed by atoms with Gasteiger partial charge in [-0.25, -0.2) is 0 Å². The van der Waals surface area contributed by atoms with E-state index in [1.165, 1.54) is 6.42 Å². The Bertz CT molecular complexity index is 211. The molecule has 1 saturated heterocycles. The van der Waals surface area contributed by atoms with Gasteiger partial charge >= 0.3 is 5.97 Å². The van der Waals surface area contributed by atoms with Crippen LogP contribution in [0.2, 0.25) is 0 Å². The average Bonchev–Trinajstić information content (AvgIpc) is 2.47. The van der Waals surface area contributed by atoms with Crippen molar-refractivity contribution in [2.75, 3.05) is 13.2 Å². The lowest BCUT2D eigenvalue weighted by Gasteiger charge is -2.40. The third-order valence-electron chi connectivity index (χ3n) is 3.33. The molecule has 0 aromatic rings. The predicted molar refractivity (Wildman–Crippen MR) is 49.3 cm³/mol. The number of nitrogens with one attached hydrogen (secondary N) is 1. The molecule has 0 radical (unpaired) electrons. The van der Waals surface area contributed by atoms with Crippen LogP contribution in [0.25, 0.3) is 0 Å². The normalized spacial score (nSPS) is 37.5. The predicted octanol–water partition coefficient (Wildman–Crippen LogP) is 1.08. The van der Waals surface area contributed by atoms with Crippen LogP contribution in [-0.4, -0.2) is 24.7 Å². The molecule has 2 unspecified atom stereocenters. The number of hydrogen-bond acceptors (Lipinski definition) is 3. The first-order valence-corrected chi connectivity index (χ1v) is 5.17. The van der Waals surface area contributed by atoms with Crippen molar-refractivity contribution in [3.05, 3.63) is 0 Å². The standard InChI is InChI=1S/C10H17NO2/c1-2-13-9(12)8-3-4-10(7-8)5-6-11-10/h8,11H,2-7H2,1H3. The molecule has 1 N–H and O–H groups in total. The quantitative estimate of drug-likeness (QED) is 0.651. The number of carbonyl (C=O) groups is 1. The summed E-state index contributed by atoms with van der Waals surface area (Å²) in [6.45, 7) is 3.50. The Balaban J connectivity index is 1.87. The summed E-state index contributed by atoms with van der Waals surface area (Å²) in [5.74, 6) is 0.167. The lowest BCUT2D eigenvalue weighted by Crippen LogP contribution is -2.55. The number of hydrogen-bond donors (Lipinski definition) is 1. The second kappa shape index (κ2) is 3.29. The summed E-state index contributed by atoms with van der Waals surface area (Å²) in [6, 6.07) is 0. The Labute approximate surface area is 78.8 Å². The molecule has 0 amide bonds. The maximum absolute atomic E-state index is 11.4. The Hall–Kier alpha value is -0.570. The minimum atomic E-state index is 0.00748. The van der Waals surface area contributed by atoms with E-state index in [1.54, 1.807) is 0 Å². The van der Waals surface area contributed by atoms with Crippen molar-refractivity contribution in [1.29, 1.82) is 0 Å². The van der Waals surface area contributed by atoms with E-state index in [0.717, 1.165) is 25.8 Å². The summed E-state index contributed by atoms with van der Waals surface area (Å²) in [5, 5.41) is 3.44. The summed E-state index contributed by atoms with van der Waals surface area (Å²) >= 11 is 0. The molecule has 13 heavy (non-hydrogen) atoms. The van der Waals surface area contributed by atoms with Crippen LogP contribution < -0.4 is 5.32 Å². The molecule has 3 heteroatoms. The fourth-order valence-electron chi connectivity index (χ4n) is 2.45. The van der Waals surface area contributed by atoms with Crippen molar-refractivity contribution in [1.82, 2.24) is 5.32 Å². The van der Waals surface area contributed by atoms with Gasteiger partial charge in [-0.3, -0.25) is 4.79 Å². The van der Waals surface area contributed by atoms with Crippen LogP contribution in [0.15, 0.2) is 0 Å². The first-order valence-electron chi connectivity index (χ1n) is 5.17. The maximum Gasteiger partial charge on any atom is 0.308 e. The molecule has 74 valence electrons. The Morgan fingerprint density at radius 2 is 2.38 bits per heavy atom. The molecule has 3 nitrogen and oxygen atoms in total. The second-order valence-corrected chi connectivity index (χ2v) is 4.15. The third kappa shape index (κ3) is 1.57. The van der Waals surface area contributed by atoms with E-state index in [0.29, 0.717) is 12.1 Å². The lowest BCUT2D eigenvalue weighted by atomic mass is 9.85. The van der Waals surface area contributed by atoms with E-state index in [1.807, 2.05) is 6.92 Å². The van der Waals surface area contributed by atoms with E-state index in [4.69, 9.17) is 4.74 Å². The van der Waals surface area contributed by atoms with E-state index >= 15 is 0 Å². The van der Waals surface area contributed by atoms with E-state index in [9.17, 15) is 4.79 Å². The highest BCUT2D eigenvalue weighted by Crippen LogP contribution is 2.41. The van der Waals surface area contributed by atoms with Crippen molar-refractivity contribution < 1.29 is 9.53 Å². The van der Waals surface area contributed by atoms with Crippen LogP contribution in [-0.2, 0) is 9.53 Å². The van der Waals surface area contributed by atoms with Gasteiger partial charge in [-0.1, -0.05) is 0 Å². The van der Waals surface area contributed by atoms with Crippen molar-refractivity contribution in [2.45, 2.75) is 38.1 Å². The molecule has 0 aromatic carbocycles. The molecular formula is C10H17NO2. The van der Waals surface area contributed by atoms with Crippen LogP contribution in [0.1, 0.15) is 32.6 Å². The van der Waals surface area contributed by atoms with Gasteiger partial charge < -0.3 is 10.1 Å². The molecule has 2 atom stereocenters. The van der Waals surface area contributed by atoms with Crippen molar-refractivity contribution in [3.63, 3.8) is 0 Å². The Morgan fingerprint density at radius 1 is 1.62 bits per heavy atom. The molecule has 1 aliphatic carbocycles. The van der Waals surface area contributed by atoms with E-state index in [-0.39, 0.29) is 11.9 Å². The minimum absolute atomic E-state index is 0.00748. The Morgan fingerprint density at radius 3 is 2.85 bits per heavy atom. The van der Waals surface area contributed by atoms with Crippen LogP contribution in [0.5, 0.6) is 0 Å². The zero-order chi connectivity index (χ0) is 9.31. The molecule has 0 bridgehead atoms. The fourth-order valence-corrected chi connectivity index (χ4v) is 2.45. The molecule has 0 aromatic heterocycles. The Kier molecular flexibility index (Phi) is 2.28. The van der Waals surface area contributed by atoms with E-state index in [2.05, 4.69) is 5.32 Å². The van der Waals surface area contributed by atoms with Gasteiger partial charge in [0.2, 0.25) is 0 Å². The average molecular weight is 183 g/mol. The maximum atomic E-state index is 11.4. The van der Waals surface area contributed by atoms with Gasteiger partial charge in [-0.2, -0.15) is 0 Å². The highest BCUT2D eigenvalue weighted by Gasteiger charge is 2.45. The van der Waals surface area contributed by atoms with Crippen LogP contribution in [0.3, 0.4) is 0 Å². The molecule has 2 fully saturated rings. The highest BCUT2D eigenvalue weighted by molar-refractivity contribution is 5.73. The zero-order valence-corrected chi connectivity index (χ0v) is 8.14. The van der Waals surface area contributed by atoms with Crippen molar-refractivity contribution in [2.24, 2.45) is 5.92 Å². The summed E-state index contributed by atoms with van der Waals surface area (Å²) in [6.07, 6.45) is 4.39. The first kappa shape index (κ1) is 9.00. The van der Waals surface area contributed by atoms with Crippen molar-refractivity contribution in [3.8, 4) is 0 Å². The minimum Gasteiger partial charge on any atom is -0.466 e. The summed E-state index contributed by atoms with van der Waals surface area (Å²) in [4.78, 5) is 11.4. The fraction of sp³-hybridized carbons (Fsp3) is 0.900. The van der Waals surface area contributed by atoms with E-state index < -0.39 is 0 Å². The molecule has 2 rings (SSSR count). The van der Waals surface area contributed by atoms with Gasteiger partial charge in [-0.15, -0.1) is 0 Å². The van der Waals surface area contributed by atoms with Crippen LogP contribution in [0, 0.1) is 5.92 Å². The number of esters is 1. The molecule has 1 aliphatic heterocycles. The summed E-state index contributed by atoms with van der Waals surface area (Å²) in [7, 11) is 0. The summed E-state index contributed by atoms with van der Waals surface area (Å²) in [5.41, 5.74) is 0.317. The molecule has 1 heterocycles. The monoisotopic (exact) mass is 183 g/mol. The number of carbonyl (C=O) groups excluding carboxylic acids is 1. The third-order valence-corrected chi connectivity index (χ3v) is 3.33. The molecular weight excluding hydrogens is 166 g/mol. The first-order chi connectivity index (χ1) is 6.26. The SMILES string of the molecule is CCOC(=O)C1CCC2(CCN2)C1. The van der Waals surface area contributed by atoms with Gasteiger partial charge in [0.15, 0.2) is 0 Å². The largest absolute Gasteiger partial charge is 0.466 e. The summed E-state index contributed by atoms with van der Waals surface area (Å²) < 4.78 is 5.02. The van der Waals surface area contributed by atoms with Crippen LogP contribution >= 0.6 is 0 Å². The van der Waals surface area contributed by atoms with Gasteiger partial charge in [-0.05, 0) is 39.2 Å². The topological polar surface area (TPSA) is 38.3 Å². The zero-order valence-electron chi connectivity index (χ0n) is 8.14. The second-order valence-electron chi connectivity index (χ2n) is 4.15. The van der Waals surface area contributed by atoms with Gasteiger partial charge in [0, 0.05) is 5.54 Å². The number of ether oxygens (including phenoxy) is 1. The van der Waals surface area contributed by atoms with Gasteiger partial charge in [0.25, 0.3) is 0 Å². The van der Waals surface area contributed by atoms with Crippen molar-refractivity contribution >= 4 is 5.97 Å². The molecule has 1 spiro atoms. The smallest absolute Gasteiger partial charge is 0.308 e. The molecule has 2 aliphatic rings. The lowest BCUT2D eigenvalue weighted by molar-refractivity contribution is -0.148. The van der Waals surface area contributed by atoms with Gasteiger partial charge in [0.05, 0.1) is 12.5 Å². The van der Waals surface area contributed by atoms with Gasteiger partial charge in [0.1, 0.15) is 0 Å².